The Kier molecular flexibility index (Phi) is 5.14. The molecule has 4 nitrogen and oxygen atoms in total. The van der Waals surface area contributed by atoms with Crippen LogP contribution in [0.25, 0.3) is 0 Å². The zero-order valence-corrected chi connectivity index (χ0v) is 14.2. The highest BCUT2D eigenvalue weighted by Gasteiger charge is 2.27. The SMILES string of the molecule is CC1CN(C(C#N)c2cccc(Oc3ccccc3)c2)CCN1C. The lowest BCUT2D eigenvalue weighted by Crippen LogP contribution is -2.50. The van der Waals surface area contributed by atoms with E-state index in [1.807, 2.05) is 54.6 Å². The molecule has 0 aromatic heterocycles. The van der Waals surface area contributed by atoms with Gasteiger partial charge in [0.25, 0.3) is 0 Å². The summed E-state index contributed by atoms with van der Waals surface area (Å²) in [7, 11) is 2.14. The molecule has 24 heavy (non-hydrogen) atoms. The second-order valence-electron chi connectivity index (χ2n) is 6.34. The summed E-state index contributed by atoms with van der Waals surface area (Å²) in [4.78, 5) is 4.59. The van der Waals surface area contributed by atoms with Gasteiger partial charge >= 0.3 is 0 Å². The molecule has 0 radical (unpaired) electrons. The molecule has 1 heterocycles. The maximum atomic E-state index is 9.72. The molecule has 0 N–H and O–H groups in total. The van der Waals surface area contributed by atoms with E-state index >= 15 is 0 Å². The van der Waals surface area contributed by atoms with Crippen LogP contribution in [0, 0.1) is 11.3 Å². The summed E-state index contributed by atoms with van der Waals surface area (Å²) in [6, 6.07) is 20.3. The summed E-state index contributed by atoms with van der Waals surface area (Å²) < 4.78 is 5.90. The van der Waals surface area contributed by atoms with Gasteiger partial charge in [-0.25, -0.2) is 0 Å². The average molecular weight is 321 g/mol. The zero-order valence-electron chi connectivity index (χ0n) is 14.2. The predicted molar refractivity (Wildman–Crippen MR) is 95.0 cm³/mol. The van der Waals surface area contributed by atoms with Gasteiger partial charge in [-0.05, 0) is 43.8 Å². The van der Waals surface area contributed by atoms with Crippen molar-refractivity contribution in [3.8, 4) is 17.6 Å². The van der Waals surface area contributed by atoms with Gasteiger partial charge in [-0.2, -0.15) is 5.26 Å². The van der Waals surface area contributed by atoms with Crippen molar-refractivity contribution in [3.63, 3.8) is 0 Å². The minimum Gasteiger partial charge on any atom is -0.457 e. The molecule has 0 amide bonds. The van der Waals surface area contributed by atoms with Crippen LogP contribution in [-0.4, -0.2) is 42.5 Å². The van der Waals surface area contributed by atoms with Crippen LogP contribution in [0.3, 0.4) is 0 Å². The number of benzene rings is 2. The van der Waals surface area contributed by atoms with E-state index in [1.54, 1.807) is 0 Å². The van der Waals surface area contributed by atoms with Gasteiger partial charge in [0.15, 0.2) is 0 Å². The summed E-state index contributed by atoms with van der Waals surface area (Å²) in [5.74, 6) is 1.57. The molecule has 1 aliphatic heterocycles. The van der Waals surface area contributed by atoms with E-state index in [4.69, 9.17) is 4.74 Å². The van der Waals surface area contributed by atoms with Crippen LogP contribution >= 0.6 is 0 Å². The van der Waals surface area contributed by atoms with E-state index < -0.39 is 0 Å². The fraction of sp³-hybridized carbons (Fsp3) is 0.350. The van der Waals surface area contributed by atoms with E-state index in [-0.39, 0.29) is 6.04 Å². The molecule has 3 rings (SSSR count). The summed E-state index contributed by atoms with van der Waals surface area (Å²) in [6.07, 6.45) is 0. The van der Waals surface area contributed by atoms with Crippen LogP contribution in [0.5, 0.6) is 11.5 Å². The first-order valence-electron chi connectivity index (χ1n) is 8.34. The summed E-state index contributed by atoms with van der Waals surface area (Å²) in [5, 5.41) is 9.72. The molecule has 1 fully saturated rings. The first-order chi connectivity index (χ1) is 11.7. The van der Waals surface area contributed by atoms with Crippen LogP contribution in [-0.2, 0) is 0 Å². The third kappa shape index (κ3) is 3.76. The minimum absolute atomic E-state index is 0.236. The Morgan fingerprint density at radius 2 is 1.83 bits per heavy atom. The van der Waals surface area contributed by atoms with Crippen LogP contribution < -0.4 is 4.74 Å². The predicted octanol–water partition coefficient (Wildman–Crippen LogP) is 3.68. The molecule has 0 bridgehead atoms. The van der Waals surface area contributed by atoms with E-state index in [0.29, 0.717) is 6.04 Å². The van der Waals surface area contributed by atoms with Gasteiger partial charge in [0.2, 0.25) is 0 Å². The molecule has 1 saturated heterocycles. The van der Waals surface area contributed by atoms with Crippen molar-refractivity contribution in [2.45, 2.75) is 19.0 Å². The highest BCUT2D eigenvalue weighted by molar-refractivity contribution is 5.36. The Bertz CT molecular complexity index is 710. The molecule has 124 valence electrons. The standard InChI is InChI=1S/C20H23N3O/c1-16-15-23(12-11-22(16)2)20(14-21)17-7-6-10-19(13-17)24-18-8-4-3-5-9-18/h3-10,13,16,20H,11-12,15H2,1-2H3. The normalized spacial score (nSPS) is 20.3. The van der Waals surface area contributed by atoms with Crippen LogP contribution in [0.4, 0.5) is 0 Å². The molecule has 1 aliphatic rings. The molecule has 2 atom stereocenters. The van der Waals surface area contributed by atoms with Gasteiger partial charge in [0.05, 0.1) is 6.07 Å². The van der Waals surface area contributed by atoms with Crippen molar-refractivity contribution in [3.05, 3.63) is 60.2 Å². The Morgan fingerprint density at radius 3 is 2.54 bits per heavy atom. The first kappa shape index (κ1) is 16.5. The lowest BCUT2D eigenvalue weighted by Gasteiger charge is -2.39. The lowest BCUT2D eigenvalue weighted by atomic mass is 10.0. The maximum Gasteiger partial charge on any atom is 0.127 e. The smallest absolute Gasteiger partial charge is 0.127 e. The number of para-hydroxylation sites is 1. The summed E-state index contributed by atoms with van der Waals surface area (Å²) >= 11 is 0. The topological polar surface area (TPSA) is 39.5 Å². The van der Waals surface area contributed by atoms with Gasteiger partial charge < -0.3 is 9.64 Å². The fourth-order valence-electron chi connectivity index (χ4n) is 3.05. The van der Waals surface area contributed by atoms with Crippen molar-refractivity contribution < 1.29 is 4.74 Å². The third-order valence-electron chi connectivity index (χ3n) is 4.63. The Balaban J connectivity index is 1.78. The lowest BCUT2D eigenvalue weighted by molar-refractivity contribution is 0.0880. The average Bonchev–Trinajstić information content (AvgIpc) is 2.60. The van der Waals surface area contributed by atoms with Crippen molar-refractivity contribution in [2.24, 2.45) is 0 Å². The van der Waals surface area contributed by atoms with Crippen molar-refractivity contribution in [1.82, 2.24) is 9.80 Å². The number of rotatable bonds is 4. The minimum atomic E-state index is -0.236. The highest BCUT2D eigenvalue weighted by atomic mass is 16.5. The maximum absolute atomic E-state index is 9.72. The molecule has 0 saturated carbocycles. The number of hydrogen-bond acceptors (Lipinski definition) is 4. The van der Waals surface area contributed by atoms with E-state index in [1.165, 1.54) is 0 Å². The van der Waals surface area contributed by atoms with Gasteiger partial charge in [-0.1, -0.05) is 30.3 Å². The molecule has 4 heteroatoms. The number of nitrogens with zero attached hydrogens (tertiary/aromatic N) is 3. The van der Waals surface area contributed by atoms with E-state index in [2.05, 4.69) is 29.8 Å². The van der Waals surface area contributed by atoms with E-state index in [0.717, 1.165) is 36.7 Å². The quantitative estimate of drug-likeness (QED) is 0.861. The number of likely N-dealkylation sites (N-methyl/N-ethyl adjacent to an activating group) is 1. The molecule has 2 aromatic rings. The second kappa shape index (κ2) is 7.48. The van der Waals surface area contributed by atoms with Crippen LogP contribution in [0.2, 0.25) is 0 Å². The van der Waals surface area contributed by atoms with Crippen molar-refractivity contribution >= 4 is 0 Å². The molecule has 2 aromatic carbocycles. The largest absolute Gasteiger partial charge is 0.457 e. The van der Waals surface area contributed by atoms with Crippen LogP contribution in [0.1, 0.15) is 18.5 Å². The summed E-state index contributed by atoms with van der Waals surface area (Å²) in [6.45, 7) is 5.00. The van der Waals surface area contributed by atoms with Crippen molar-refractivity contribution in [1.29, 1.82) is 5.26 Å². The monoisotopic (exact) mass is 321 g/mol. The fourth-order valence-corrected chi connectivity index (χ4v) is 3.05. The number of ether oxygens (including phenoxy) is 1. The first-order valence-corrected chi connectivity index (χ1v) is 8.34. The second-order valence-corrected chi connectivity index (χ2v) is 6.34. The van der Waals surface area contributed by atoms with Gasteiger partial charge in [-0.3, -0.25) is 4.90 Å². The molecular weight excluding hydrogens is 298 g/mol. The van der Waals surface area contributed by atoms with Crippen molar-refractivity contribution in [2.75, 3.05) is 26.7 Å². The molecule has 2 unspecified atom stereocenters. The number of nitriles is 1. The van der Waals surface area contributed by atoms with Gasteiger partial charge in [0, 0.05) is 25.7 Å². The molecule has 0 spiro atoms. The van der Waals surface area contributed by atoms with Crippen LogP contribution in [0.15, 0.2) is 54.6 Å². The Morgan fingerprint density at radius 1 is 1.08 bits per heavy atom. The Labute approximate surface area is 143 Å². The van der Waals surface area contributed by atoms with Gasteiger partial charge in [0.1, 0.15) is 17.5 Å². The molecule has 0 aliphatic carbocycles. The Hall–Kier alpha value is -2.35. The van der Waals surface area contributed by atoms with Gasteiger partial charge in [-0.15, -0.1) is 0 Å². The highest BCUT2D eigenvalue weighted by Crippen LogP contribution is 2.28. The number of piperazine rings is 1. The summed E-state index contributed by atoms with van der Waals surface area (Å²) in [5.41, 5.74) is 0.989. The molecular formula is C20H23N3O. The third-order valence-corrected chi connectivity index (χ3v) is 4.63. The zero-order chi connectivity index (χ0) is 16.9. The number of hydrogen-bond donors (Lipinski definition) is 0. The van der Waals surface area contributed by atoms with E-state index in [9.17, 15) is 5.26 Å².